The predicted molar refractivity (Wildman–Crippen MR) is 67.6 cm³/mol. The number of fused-ring (bicyclic) bond motifs is 1. The second-order valence-electron chi connectivity index (χ2n) is 4.27. The number of hydrogen-bond acceptors (Lipinski definition) is 2. The molecule has 1 aliphatic heterocycles. The third kappa shape index (κ3) is 1.48. The van der Waals surface area contributed by atoms with E-state index in [0.717, 1.165) is 16.8 Å². The Morgan fingerprint density at radius 3 is 3.06 bits per heavy atom. The largest absolute Gasteiger partial charge is 0.309 e. The number of imidazole rings is 1. The molecule has 3 rings (SSSR count). The molecule has 3 heterocycles. The van der Waals surface area contributed by atoms with Crippen LogP contribution in [0.3, 0.4) is 0 Å². The second-order valence-corrected chi connectivity index (χ2v) is 5.09. The number of aromatic nitrogens is 2. The fourth-order valence-electron chi connectivity index (χ4n) is 2.46. The van der Waals surface area contributed by atoms with E-state index in [1.165, 1.54) is 24.2 Å². The Kier molecular flexibility index (Phi) is 2.48. The number of pyridine rings is 1. The average Bonchev–Trinajstić information content (AvgIpc) is 2.86. The molecule has 4 heteroatoms. The van der Waals surface area contributed by atoms with Crippen molar-refractivity contribution in [3.8, 4) is 0 Å². The van der Waals surface area contributed by atoms with Crippen LogP contribution >= 0.6 is 15.9 Å². The van der Waals surface area contributed by atoms with Crippen molar-refractivity contribution in [2.24, 2.45) is 0 Å². The molecule has 0 aromatic carbocycles. The van der Waals surface area contributed by atoms with E-state index in [1.54, 1.807) is 0 Å². The predicted octanol–water partition coefficient (Wildman–Crippen LogP) is 2.83. The van der Waals surface area contributed by atoms with Gasteiger partial charge in [0.25, 0.3) is 0 Å². The average molecular weight is 280 g/mol. The Bertz CT molecular complexity index is 526. The van der Waals surface area contributed by atoms with Gasteiger partial charge in [-0.1, -0.05) is 6.07 Å². The molecule has 0 amide bonds. The first kappa shape index (κ1) is 10.3. The molecule has 1 unspecified atom stereocenters. The number of nitrogens with one attached hydrogen (secondary N) is 1. The topological polar surface area (TPSA) is 29.3 Å². The van der Waals surface area contributed by atoms with Gasteiger partial charge in [0, 0.05) is 5.69 Å². The van der Waals surface area contributed by atoms with Gasteiger partial charge in [0.1, 0.15) is 5.65 Å². The van der Waals surface area contributed by atoms with Crippen molar-refractivity contribution < 1.29 is 0 Å². The van der Waals surface area contributed by atoms with Crippen molar-refractivity contribution in [3.63, 3.8) is 0 Å². The van der Waals surface area contributed by atoms with Gasteiger partial charge in [-0.05, 0) is 54.4 Å². The van der Waals surface area contributed by atoms with Crippen molar-refractivity contribution >= 4 is 21.6 Å². The minimum atomic E-state index is 0.437. The summed E-state index contributed by atoms with van der Waals surface area (Å²) in [5.41, 5.74) is 3.46. The Balaban J connectivity index is 2.19. The molecule has 1 atom stereocenters. The van der Waals surface area contributed by atoms with Crippen molar-refractivity contribution in [1.29, 1.82) is 0 Å². The van der Waals surface area contributed by atoms with Gasteiger partial charge < -0.3 is 5.32 Å². The molecule has 0 spiro atoms. The fourth-order valence-corrected chi connectivity index (χ4v) is 3.06. The molecular formula is C12H14BrN3. The molecule has 2 aromatic heterocycles. The monoisotopic (exact) mass is 279 g/mol. The molecule has 0 bridgehead atoms. The van der Waals surface area contributed by atoms with Crippen LogP contribution in [0.4, 0.5) is 0 Å². The van der Waals surface area contributed by atoms with Gasteiger partial charge in [0.2, 0.25) is 0 Å². The minimum absolute atomic E-state index is 0.437. The minimum Gasteiger partial charge on any atom is -0.309 e. The first-order valence-corrected chi connectivity index (χ1v) is 6.43. The summed E-state index contributed by atoms with van der Waals surface area (Å²) in [5, 5.41) is 3.50. The summed E-state index contributed by atoms with van der Waals surface area (Å²) >= 11 is 3.57. The molecule has 2 aromatic rings. The zero-order valence-corrected chi connectivity index (χ0v) is 10.8. The third-order valence-corrected chi connectivity index (χ3v) is 3.87. The van der Waals surface area contributed by atoms with Crippen LogP contribution in [-0.2, 0) is 0 Å². The Morgan fingerprint density at radius 2 is 2.38 bits per heavy atom. The van der Waals surface area contributed by atoms with Gasteiger partial charge in [-0.3, -0.25) is 4.40 Å². The van der Waals surface area contributed by atoms with Crippen LogP contribution < -0.4 is 5.32 Å². The Morgan fingerprint density at radius 1 is 1.50 bits per heavy atom. The lowest BCUT2D eigenvalue weighted by Crippen LogP contribution is -2.14. The van der Waals surface area contributed by atoms with Crippen LogP contribution in [0.2, 0.25) is 0 Å². The van der Waals surface area contributed by atoms with E-state index in [-0.39, 0.29) is 0 Å². The maximum atomic E-state index is 4.73. The van der Waals surface area contributed by atoms with Crippen LogP contribution in [-0.4, -0.2) is 15.9 Å². The maximum absolute atomic E-state index is 4.73. The van der Waals surface area contributed by atoms with Gasteiger partial charge in [0.05, 0.1) is 16.3 Å². The molecule has 1 aliphatic rings. The van der Waals surface area contributed by atoms with E-state index >= 15 is 0 Å². The summed E-state index contributed by atoms with van der Waals surface area (Å²) < 4.78 is 3.23. The van der Waals surface area contributed by atoms with E-state index in [4.69, 9.17) is 4.98 Å². The maximum Gasteiger partial charge on any atom is 0.138 e. The summed E-state index contributed by atoms with van der Waals surface area (Å²) in [5.74, 6) is 0. The molecule has 1 fully saturated rings. The van der Waals surface area contributed by atoms with Crippen LogP contribution in [0.15, 0.2) is 22.8 Å². The lowest BCUT2D eigenvalue weighted by molar-refractivity contribution is 0.627. The van der Waals surface area contributed by atoms with E-state index in [1.807, 2.05) is 12.1 Å². The molecular weight excluding hydrogens is 266 g/mol. The number of hydrogen-bond donors (Lipinski definition) is 1. The van der Waals surface area contributed by atoms with Gasteiger partial charge in [-0.15, -0.1) is 0 Å². The van der Waals surface area contributed by atoms with E-state index in [9.17, 15) is 0 Å². The number of halogens is 1. The van der Waals surface area contributed by atoms with Gasteiger partial charge in [0.15, 0.2) is 0 Å². The second kappa shape index (κ2) is 3.86. The summed E-state index contributed by atoms with van der Waals surface area (Å²) in [7, 11) is 0. The number of nitrogens with zero attached hydrogens (tertiary/aromatic N) is 2. The molecule has 84 valence electrons. The highest BCUT2D eigenvalue weighted by atomic mass is 79.9. The van der Waals surface area contributed by atoms with Crippen LogP contribution in [0.5, 0.6) is 0 Å². The van der Waals surface area contributed by atoms with Gasteiger partial charge in [-0.2, -0.15) is 0 Å². The standard InChI is InChI=1S/C12H14BrN3/c1-8-12(9-4-3-7-14-9)15-11-6-2-5-10(13)16(8)11/h2,5-6,9,14H,3-4,7H2,1H3. The molecule has 0 saturated carbocycles. The highest BCUT2D eigenvalue weighted by Crippen LogP contribution is 2.27. The van der Waals surface area contributed by atoms with Crippen LogP contribution in [0.1, 0.15) is 30.3 Å². The zero-order valence-electron chi connectivity index (χ0n) is 9.20. The summed E-state index contributed by atoms with van der Waals surface area (Å²) in [6, 6.07) is 6.56. The lowest BCUT2D eigenvalue weighted by atomic mass is 10.1. The van der Waals surface area contributed by atoms with Crippen LogP contribution in [0, 0.1) is 6.92 Å². The smallest absolute Gasteiger partial charge is 0.138 e. The van der Waals surface area contributed by atoms with Crippen LogP contribution in [0.25, 0.3) is 5.65 Å². The fraction of sp³-hybridized carbons (Fsp3) is 0.417. The molecule has 1 saturated heterocycles. The highest BCUT2D eigenvalue weighted by molar-refractivity contribution is 9.10. The molecule has 3 nitrogen and oxygen atoms in total. The first-order chi connectivity index (χ1) is 7.77. The number of aryl methyl sites for hydroxylation is 1. The third-order valence-electron chi connectivity index (χ3n) is 3.25. The van der Waals surface area contributed by atoms with Crippen molar-refractivity contribution in [1.82, 2.24) is 14.7 Å². The first-order valence-electron chi connectivity index (χ1n) is 5.64. The zero-order chi connectivity index (χ0) is 11.1. The SMILES string of the molecule is Cc1c(C2CCCN2)nc2cccc(Br)n12. The van der Waals surface area contributed by atoms with Crippen molar-refractivity contribution in [3.05, 3.63) is 34.2 Å². The normalized spacial score (nSPS) is 20.8. The van der Waals surface area contributed by atoms with Gasteiger partial charge >= 0.3 is 0 Å². The summed E-state index contributed by atoms with van der Waals surface area (Å²) in [6.45, 7) is 3.25. The summed E-state index contributed by atoms with van der Waals surface area (Å²) in [4.78, 5) is 4.73. The Hall–Kier alpha value is -0.870. The summed E-state index contributed by atoms with van der Waals surface area (Å²) in [6.07, 6.45) is 2.45. The molecule has 0 aliphatic carbocycles. The Labute approximate surface area is 103 Å². The highest BCUT2D eigenvalue weighted by Gasteiger charge is 2.22. The molecule has 1 N–H and O–H groups in total. The molecule has 0 radical (unpaired) electrons. The molecule has 16 heavy (non-hydrogen) atoms. The van der Waals surface area contributed by atoms with Gasteiger partial charge in [-0.25, -0.2) is 4.98 Å². The number of rotatable bonds is 1. The van der Waals surface area contributed by atoms with E-state index in [0.29, 0.717) is 6.04 Å². The van der Waals surface area contributed by atoms with E-state index < -0.39 is 0 Å². The quantitative estimate of drug-likeness (QED) is 0.814. The van der Waals surface area contributed by atoms with Crippen molar-refractivity contribution in [2.45, 2.75) is 25.8 Å². The lowest BCUT2D eigenvalue weighted by Gasteiger charge is -2.07. The van der Waals surface area contributed by atoms with Crippen molar-refractivity contribution in [2.75, 3.05) is 6.54 Å². The van der Waals surface area contributed by atoms with E-state index in [2.05, 4.69) is 38.6 Å².